The second-order valence-electron chi connectivity index (χ2n) is 5.62. The molecule has 2 aromatic carbocycles. The fraction of sp³-hybridized carbons (Fsp3) is 0. The van der Waals surface area contributed by atoms with Gasteiger partial charge in [0.1, 0.15) is 0 Å². The van der Waals surface area contributed by atoms with Crippen LogP contribution in [-0.2, 0) is 0 Å². The first-order valence-corrected chi connectivity index (χ1v) is 9.34. The Morgan fingerprint density at radius 2 is 1.72 bits per heavy atom. The Kier molecular flexibility index (Phi) is 3.26. The Hall–Kier alpha value is -2.83. The molecule has 0 aliphatic rings. The van der Waals surface area contributed by atoms with Crippen LogP contribution in [0.4, 0.5) is 5.69 Å². The predicted molar refractivity (Wildman–Crippen MR) is 105 cm³/mol. The molecule has 120 valence electrons. The molecule has 0 fully saturated rings. The molecule has 0 radical (unpaired) electrons. The van der Waals surface area contributed by atoms with E-state index in [0.29, 0.717) is 4.88 Å². The first-order chi connectivity index (χ1) is 12.3. The molecule has 3 aromatic heterocycles. The number of aromatic nitrogens is 2. The highest BCUT2D eigenvalue weighted by Gasteiger charge is 2.14. The zero-order valence-corrected chi connectivity index (χ0v) is 14.5. The largest absolute Gasteiger partial charge is 0.321 e. The summed E-state index contributed by atoms with van der Waals surface area (Å²) < 4.78 is 3.58. The minimum atomic E-state index is -0.0966. The first-order valence-electron chi connectivity index (χ1n) is 7.71. The molecule has 0 aliphatic carbocycles. The van der Waals surface area contributed by atoms with Gasteiger partial charge < -0.3 is 5.32 Å². The van der Waals surface area contributed by atoms with Crippen molar-refractivity contribution in [2.75, 3.05) is 5.32 Å². The topological polar surface area (TPSA) is 54.9 Å². The number of nitrogens with zero attached hydrogens (tertiary/aromatic N) is 2. The summed E-state index contributed by atoms with van der Waals surface area (Å²) in [6, 6.07) is 15.8. The van der Waals surface area contributed by atoms with Crippen molar-refractivity contribution in [3.8, 4) is 0 Å². The van der Waals surface area contributed by atoms with E-state index < -0.39 is 0 Å². The number of nitrogens with one attached hydrogen (secondary N) is 1. The maximum absolute atomic E-state index is 12.6. The summed E-state index contributed by atoms with van der Waals surface area (Å²) in [6.07, 6.45) is 3.30. The van der Waals surface area contributed by atoms with Crippen molar-refractivity contribution in [3.63, 3.8) is 0 Å². The number of carbonyl (C=O) groups is 1. The van der Waals surface area contributed by atoms with Gasteiger partial charge in [0.2, 0.25) is 0 Å². The summed E-state index contributed by atoms with van der Waals surface area (Å²) in [4.78, 5) is 21.8. The molecule has 1 N–H and O–H groups in total. The molecule has 0 saturated carbocycles. The lowest BCUT2D eigenvalue weighted by Gasteiger charge is -2.04. The molecule has 0 saturated heterocycles. The number of fused-ring (bicyclic) bond motifs is 4. The number of amides is 1. The van der Waals surface area contributed by atoms with Crippen LogP contribution in [0.1, 0.15) is 9.67 Å². The molecule has 3 heterocycles. The van der Waals surface area contributed by atoms with Crippen LogP contribution in [0.3, 0.4) is 0 Å². The van der Waals surface area contributed by atoms with Crippen molar-refractivity contribution in [1.29, 1.82) is 0 Å². The van der Waals surface area contributed by atoms with Crippen LogP contribution < -0.4 is 5.32 Å². The summed E-state index contributed by atoms with van der Waals surface area (Å²) in [5.74, 6) is -0.0966. The van der Waals surface area contributed by atoms with Crippen LogP contribution in [0.15, 0.2) is 60.9 Å². The first kappa shape index (κ1) is 14.5. The number of hydrogen-bond acceptors (Lipinski definition) is 5. The second kappa shape index (κ2) is 5.61. The number of anilines is 1. The van der Waals surface area contributed by atoms with Gasteiger partial charge in [-0.05, 0) is 30.3 Å². The van der Waals surface area contributed by atoms with E-state index in [2.05, 4.69) is 27.4 Å². The van der Waals surface area contributed by atoms with E-state index >= 15 is 0 Å². The summed E-state index contributed by atoms with van der Waals surface area (Å²) >= 11 is 3.26. The fourth-order valence-corrected chi connectivity index (χ4v) is 5.27. The molecule has 1 amide bonds. The fourth-order valence-electron chi connectivity index (χ4n) is 2.85. The highest BCUT2D eigenvalue weighted by atomic mass is 32.1. The van der Waals surface area contributed by atoms with Crippen molar-refractivity contribution in [2.45, 2.75) is 0 Å². The molecule has 0 spiro atoms. The number of rotatable bonds is 2. The van der Waals surface area contributed by atoms with Crippen molar-refractivity contribution >= 4 is 64.8 Å². The average molecular weight is 361 g/mol. The van der Waals surface area contributed by atoms with E-state index in [1.807, 2.05) is 36.4 Å². The molecular weight excluding hydrogens is 350 g/mol. The smallest absolute Gasteiger partial charge is 0.265 e. The predicted octanol–water partition coefficient (Wildman–Crippen LogP) is 5.31. The van der Waals surface area contributed by atoms with Crippen molar-refractivity contribution < 1.29 is 4.79 Å². The Bertz CT molecular complexity index is 1260. The summed E-state index contributed by atoms with van der Waals surface area (Å²) in [7, 11) is 0. The second-order valence-corrected chi connectivity index (χ2v) is 7.75. The number of benzene rings is 2. The maximum atomic E-state index is 12.6. The quantitative estimate of drug-likeness (QED) is 0.463. The van der Waals surface area contributed by atoms with Crippen molar-refractivity contribution in [3.05, 3.63) is 65.8 Å². The third kappa shape index (κ3) is 2.47. The molecule has 5 aromatic rings. The van der Waals surface area contributed by atoms with Crippen LogP contribution >= 0.6 is 22.7 Å². The molecule has 6 heteroatoms. The highest BCUT2D eigenvalue weighted by Crippen LogP contribution is 2.39. The van der Waals surface area contributed by atoms with Crippen LogP contribution in [0.2, 0.25) is 0 Å². The maximum Gasteiger partial charge on any atom is 0.265 e. The highest BCUT2D eigenvalue weighted by molar-refractivity contribution is 7.33. The minimum absolute atomic E-state index is 0.0966. The van der Waals surface area contributed by atoms with Gasteiger partial charge in [0.25, 0.3) is 5.91 Å². The third-order valence-corrected chi connectivity index (χ3v) is 6.41. The zero-order valence-electron chi connectivity index (χ0n) is 12.9. The third-order valence-electron chi connectivity index (χ3n) is 4.00. The van der Waals surface area contributed by atoms with Crippen molar-refractivity contribution in [2.24, 2.45) is 0 Å². The number of thiophene rings is 2. The molecule has 0 aliphatic heterocycles. The lowest BCUT2D eigenvalue weighted by Crippen LogP contribution is -2.09. The van der Waals surface area contributed by atoms with Crippen LogP contribution in [-0.4, -0.2) is 15.9 Å². The number of hydrogen-bond donors (Lipinski definition) is 1. The molecular formula is C19H11N3OS2. The van der Waals surface area contributed by atoms with Crippen LogP contribution in [0.5, 0.6) is 0 Å². The lowest BCUT2D eigenvalue weighted by molar-refractivity contribution is 0.103. The standard InChI is InChI=1S/C19H11N3OS2/c23-19(22-11-5-6-13-14(9-11)21-8-7-20-13)17-10-16-18(25-17)12-3-1-2-4-15(12)24-16/h1-10H,(H,22,23). The molecule has 5 rings (SSSR count). The van der Waals surface area contributed by atoms with Crippen LogP contribution in [0.25, 0.3) is 30.5 Å². The lowest BCUT2D eigenvalue weighted by atomic mass is 10.2. The summed E-state index contributed by atoms with van der Waals surface area (Å²) in [5.41, 5.74) is 2.29. The van der Waals surface area contributed by atoms with E-state index in [1.165, 1.54) is 26.1 Å². The average Bonchev–Trinajstić information content (AvgIpc) is 3.19. The molecule has 25 heavy (non-hydrogen) atoms. The molecule has 0 bridgehead atoms. The van der Waals surface area contributed by atoms with E-state index in [0.717, 1.165) is 21.4 Å². The Balaban J connectivity index is 1.49. The van der Waals surface area contributed by atoms with Gasteiger partial charge in [-0.1, -0.05) is 18.2 Å². The van der Waals surface area contributed by atoms with E-state index in [1.54, 1.807) is 23.7 Å². The van der Waals surface area contributed by atoms with Gasteiger partial charge in [0.05, 0.1) is 20.6 Å². The van der Waals surface area contributed by atoms with Gasteiger partial charge >= 0.3 is 0 Å². The van der Waals surface area contributed by atoms with Gasteiger partial charge in [-0.25, -0.2) is 0 Å². The van der Waals surface area contributed by atoms with Gasteiger partial charge in [-0.3, -0.25) is 14.8 Å². The summed E-state index contributed by atoms with van der Waals surface area (Å²) in [6.45, 7) is 0. The Morgan fingerprint density at radius 3 is 2.64 bits per heavy atom. The molecule has 4 nitrogen and oxygen atoms in total. The normalized spacial score (nSPS) is 11.4. The van der Waals surface area contributed by atoms with E-state index in [9.17, 15) is 4.79 Å². The van der Waals surface area contributed by atoms with E-state index in [-0.39, 0.29) is 5.91 Å². The summed E-state index contributed by atoms with van der Waals surface area (Å²) in [5, 5.41) is 4.17. The minimum Gasteiger partial charge on any atom is -0.321 e. The van der Waals surface area contributed by atoms with Crippen LogP contribution in [0, 0.1) is 0 Å². The molecule has 0 atom stereocenters. The SMILES string of the molecule is O=C(Nc1ccc2nccnc2c1)c1cc2sc3ccccc3c2s1. The van der Waals surface area contributed by atoms with E-state index in [4.69, 9.17) is 0 Å². The molecule has 0 unspecified atom stereocenters. The van der Waals surface area contributed by atoms with Gasteiger partial charge in [0, 0.05) is 32.9 Å². The monoisotopic (exact) mass is 361 g/mol. The Morgan fingerprint density at radius 1 is 0.880 bits per heavy atom. The zero-order chi connectivity index (χ0) is 16.8. The van der Waals surface area contributed by atoms with Gasteiger partial charge in [-0.2, -0.15) is 0 Å². The number of carbonyl (C=O) groups excluding carboxylic acids is 1. The van der Waals surface area contributed by atoms with Gasteiger partial charge in [-0.15, -0.1) is 22.7 Å². The van der Waals surface area contributed by atoms with Gasteiger partial charge in [0.15, 0.2) is 0 Å². The van der Waals surface area contributed by atoms with Crippen molar-refractivity contribution in [1.82, 2.24) is 9.97 Å². The Labute approximate surface area is 150 Å².